The van der Waals surface area contributed by atoms with E-state index in [9.17, 15) is 5.11 Å². The summed E-state index contributed by atoms with van der Waals surface area (Å²) >= 11 is 0. The second kappa shape index (κ2) is 5.99. The van der Waals surface area contributed by atoms with Crippen LogP contribution in [0, 0.1) is 5.41 Å². The zero-order valence-electron chi connectivity index (χ0n) is 11.2. The van der Waals surface area contributed by atoms with E-state index in [1.165, 1.54) is 0 Å². The molecular weight excluding hydrogens is 202 g/mol. The van der Waals surface area contributed by atoms with Crippen LogP contribution >= 0.6 is 0 Å². The summed E-state index contributed by atoms with van der Waals surface area (Å²) in [6, 6.07) is 0.471. The second-order valence-electron chi connectivity index (χ2n) is 5.64. The van der Waals surface area contributed by atoms with E-state index in [0.29, 0.717) is 12.1 Å². The Hall–Kier alpha value is -0.120. The number of ether oxygens (including phenoxy) is 1. The maximum absolute atomic E-state index is 9.54. The number of aliphatic hydroxyl groups excluding tert-OH is 1. The minimum Gasteiger partial charge on any atom is -0.396 e. The van der Waals surface area contributed by atoms with Crippen LogP contribution in [0.2, 0.25) is 0 Å². The van der Waals surface area contributed by atoms with Gasteiger partial charge in [-0.3, -0.25) is 4.90 Å². The van der Waals surface area contributed by atoms with E-state index >= 15 is 0 Å². The van der Waals surface area contributed by atoms with Crippen LogP contribution < -0.4 is 0 Å². The van der Waals surface area contributed by atoms with Crippen molar-refractivity contribution < 1.29 is 9.84 Å². The molecule has 0 saturated carbocycles. The van der Waals surface area contributed by atoms with E-state index in [1.54, 1.807) is 0 Å². The van der Waals surface area contributed by atoms with Gasteiger partial charge in [-0.2, -0.15) is 0 Å². The topological polar surface area (TPSA) is 32.7 Å². The number of hydrogen-bond donors (Lipinski definition) is 1. The maximum Gasteiger partial charge on any atom is 0.0674 e. The first-order valence-electron chi connectivity index (χ1n) is 6.47. The summed E-state index contributed by atoms with van der Waals surface area (Å²) in [6.07, 6.45) is 2.54. The molecule has 3 unspecified atom stereocenters. The van der Waals surface area contributed by atoms with Crippen LogP contribution in [-0.4, -0.2) is 48.5 Å². The minimum absolute atomic E-state index is 0.0417. The van der Waals surface area contributed by atoms with Gasteiger partial charge in [-0.1, -0.05) is 20.3 Å². The first-order chi connectivity index (χ1) is 7.50. The van der Waals surface area contributed by atoms with Crippen LogP contribution in [0.15, 0.2) is 0 Å². The summed E-state index contributed by atoms with van der Waals surface area (Å²) in [4.78, 5) is 2.46. The molecule has 0 aliphatic carbocycles. The van der Waals surface area contributed by atoms with Crippen molar-refractivity contribution in [1.82, 2.24) is 4.90 Å². The molecule has 0 aromatic heterocycles. The highest BCUT2D eigenvalue weighted by molar-refractivity contribution is 4.83. The average molecular weight is 229 g/mol. The van der Waals surface area contributed by atoms with Gasteiger partial charge in [0.15, 0.2) is 0 Å². The Morgan fingerprint density at radius 2 is 2.12 bits per heavy atom. The normalized spacial score (nSPS) is 31.3. The number of morpholine rings is 1. The van der Waals surface area contributed by atoms with E-state index < -0.39 is 0 Å². The van der Waals surface area contributed by atoms with Crippen LogP contribution in [-0.2, 0) is 4.74 Å². The molecule has 1 fully saturated rings. The molecule has 1 saturated heterocycles. The fourth-order valence-electron chi connectivity index (χ4n) is 2.49. The molecular formula is C13H27NO2. The van der Waals surface area contributed by atoms with Crippen molar-refractivity contribution in [2.45, 2.75) is 52.7 Å². The molecule has 1 aliphatic rings. The summed E-state index contributed by atoms with van der Waals surface area (Å²) < 4.78 is 5.62. The fourth-order valence-corrected chi connectivity index (χ4v) is 2.49. The average Bonchev–Trinajstić information content (AvgIpc) is 2.24. The van der Waals surface area contributed by atoms with Crippen molar-refractivity contribution in [3.8, 4) is 0 Å². The number of hydrogen-bond acceptors (Lipinski definition) is 3. The molecule has 0 spiro atoms. The quantitative estimate of drug-likeness (QED) is 0.781. The predicted molar refractivity (Wildman–Crippen MR) is 66.5 cm³/mol. The Labute approximate surface area is 99.8 Å². The predicted octanol–water partition coefficient (Wildman–Crippen LogP) is 1.89. The SMILES string of the molecule is CCCC(C)(CO)CN1CC(C)OCC1C. The van der Waals surface area contributed by atoms with Crippen molar-refractivity contribution >= 4 is 0 Å². The third-order valence-electron chi connectivity index (χ3n) is 3.56. The van der Waals surface area contributed by atoms with Crippen molar-refractivity contribution in [2.75, 3.05) is 26.3 Å². The fraction of sp³-hybridized carbons (Fsp3) is 1.00. The molecule has 0 amide bonds. The molecule has 1 aliphatic heterocycles. The zero-order valence-corrected chi connectivity index (χ0v) is 11.2. The number of rotatable bonds is 5. The Morgan fingerprint density at radius 3 is 2.69 bits per heavy atom. The summed E-state index contributed by atoms with van der Waals surface area (Å²) in [5.74, 6) is 0. The van der Waals surface area contributed by atoms with Gasteiger partial charge in [-0.05, 0) is 20.3 Å². The summed E-state index contributed by atoms with van der Waals surface area (Å²) in [5, 5.41) is 9.54. The molecule has 1 heterocycles. The lowest BCUT2D eigenvalue weighted by molar-refractivity contribution is -0.0676. The lowest BCUT2D eigenvalue weighted by Crippen LogP contribution is -2.51. The van der Waals surface area contributed by atoms with Crippen LogP contribution in [0.1, 0.15) is 40.5 Å². The summed E-state index contributed by atoms with van der Waals surface area (Å²) in [7, 11) is 0. The summed E-state index contributed by atoms with van der Waals surface area (Å²) in [6.45, 7) is 11.7. The van der Waals surface area contributed by atoms with E-state index in [4.69, 9.17) is 4.74 Å². The highest BCUT2D eigenvalue weighted by Crippen LogP contribution is 2.26. The highest BCUT2D eigenvalue weighted by atomic mass is 16.5. The third-order valence-corrected chi connectivity index (χ3v) is 3.56. The van der Waals surface area contributed by atoms with E-state index in [0.717, 1.165) is 32.5 Å². The monoisotopic (exact) mass is 229 g/mol. The minimum atomic E-state index is 0.0417. The van der Waals surface area contributed by atoms with Crippen LogP contribution in [0.25, 0.3) is 0 Å². The van der Waals surface area contributed by atoms with E-state index in [2.05, 4.69) is 32.6 Å². The Morgan fingerprint density at radius 1 is 1.44 bits per heavy atom. The van der Waals surface area contributed by atoms with Crippen LogP contribution in [0.3, 0.4) is 0 Å². The second-order valence-corrected chi connectivity index (χ2v) is 5.64. The molecule has 0 aromatic rings. The largest absolute Gasteiger partial charge is 0.396 e. The van der Waals surface area contributed by atoms with Gasteiger partial charge in [0, 0.05) is 31.2 Å². The first kappa shape index (κ1) is 13.9. The van der Waals surface area contributed by atoms with E-state index in [-0.39, 0.29) is 12.0 Å². The van der Waals surface area contributed by atoms with Gasteiger partial charge >= 0.3 is 0 Å². The van der Waals surface area contributed by atoms with Gasteiger partial charge in [0.25, 0.3) is 0 Å². The van der Waals surface area contributed by atoms with E-state index in [1.807, 2.05) is 0 Å². The molecule has 0 aromatic carbocycles. The molecule has 1 N–H and O–H groups in total. The van der Waals surface area contributed by atoms with Crippen molar-refractivity contribution in [3.63, 3.8) is 0 Å². The standard InChI is InChI=1S/C13H27NO2/c1-5-6-13(4,10-15)9-14-7-12(3)16-8-11(14)2/h11-12,15H,5-10H2,1-4H3. The Balaban J connectivity index is 2.55. The van der Waals surface area contributed by atoms with Crippen LogP contribution in [0.4, 0.5) is 0 Å². The van der Waals surface area contributed by atoms with Crippen LogP contribution in [0.5, 0.6) is 0 Å². The Kier molecular flexibility index (Phi) is 5.22. The number of aliphatic hydroxyl groups is 1. The smallest absolute Gasteiger partial charge is 0.0674 e. The first-order valence-corrected chi connectivity index (χ1v) is 6.47. The van der Waals surface area contributed by atoms with Crippen molar-refractivity contribution in [3.05, 3.63) is 0 Å². The zero-order chi connectivity index (χ0) is 12.2. The number of nitrogens with zero attached hydrogens (tertiary/aromatic N) is 1. The molecule has 3 atom stereocenters. The highest BCUT2D eigenvalue weighted by Gasteiger charge is 2.31. The molecule has 0 radical (unpaired) electrons. The third kappa shape index (κ3) is 3.72. The molecule has 3 heteroatoms. The van der Waals surface area contributed by atoms with Gasteiger partial charge in [-0.15, -0.1) is 0 Å². The van der Waals surface area contributed by atoms with Gasteiger partial charge < -0.3 is 9.84 Å². The van der Waals surface area contributed by atoms with Gasteiger partial charge in [-0.25, -0.2) is 0 Å². The molecule has 0 bridgehead atoms. The maximum atomic E-state index is 9.54. The summed E-state index contributed by atoms with van der Waals surface area (Å²) in [5.41, 5.74) is 0.0417. The molecule has 96 valence electrons. The molecule has 3 nitrogen and oxygen atoms in total. The lowest BCUT2D eigenvalue weighted by atomic mass is 9.85. The lowest BCUT2D eigenvalue weighted by Gasteiger charge is -2.42. The molecule has 16 heavy (non-hydrogen) atoms. The van der Waals surface area contributed by atoms with Crippen molar-refractivity contribution in [1.29, 1.82) is 0 Å². The van der Waals surface area contributed by atoms with Crippen molar-refractivity contribution in [2.24, 2.45) is 5.41 Å². The Bertz CT molecular complexity index is 210. The van der Waals surface area contributed by atoms with Gasteiger partial charge in [0.1, 0.15) is 0 Å². The van der Waals surface area contributed by atoms with Gasteiger partial charge in [0.2, 0.25) is 0 Å². The van der Waals surface area contributed by atoms with Gasteiger partial charge in [0.05, 0.1) is 12.7 Å². The molecule has 1 rings (SSSR count).